The summed E-state index contributed by atoms with van der Waals surface area (Å²) in [4.78, 5) is 4.56. The van der Waals surface area contributed by atoms with Gasteiger partial charge in [-0.25, -0.2) is 12.7 Å². The van der Waals surface area contributed by atoms with Crippen molar-refractivity contribution < 1.29 is 17.7 Å². The normalized spacial score (nSPS) is 22.5. The number of methoxy groups -OCH3 is 1. The van der Waals surface area contributed by atoms with Crippen molar-refractivity contribution in [2.45, 2.75) is 25.2 Å². The lowest BCUT2D eigenvalue weighted by Gasteiger charge is -2.30. The van der Waals surface area contributed by atoms with Gasteiger partial charge in [-0.2, -0.15) is 4.98 Å². The predicted octanol–water partition coefficient (Wildman–Crippen LogP) is 2.93. The fourth-order valence-electron chi connectivity index (χ4n) is 3.85. The zero-order chi connectivity index (χ0) is 18.5. The Kier molecular flexibility index (Phi) is 4.24. The van der Waals surface area contributed by atoms with Gasteiger partial charge in [0, 0.05) is 24.0 Å². The maximum atomic E-state index is 11.7. The highest BCUT2D eigenvalue weighted by Crippen LogP contribution is 2.64. The van der Waals surface area contributed by atoms with Crippen LogP contribution >= 0.6 is 11.6 Å². The molecule has 1 aromatic heterocycles. The molecule has 1 aliphatic heterocycles. The molecule has 140 valence electrons. The summed E-state index contributed by atoms with van der Waals surface area (Å²) in [6, 6.07) is 5.27. The number of nitrogens with zero attached hydrogens (tertiary/aromatic N) is 3. The van der Waals surface area contributed by atoms with E-state index in [0.717, 1.165) is 19.3 Å². The first kappa shape index (κ1) is 17.8. The number of aromatic nitrogens is 2. The van der Waals surface area contributed by atoms with Crippen molar-refractivity contribution >= 4 is 21.6 Å². The van der Waals surface area contributed by atoms with Crippen molar-refractivity contribution in [2.75, 3.05) is 26.5 Å². The minimum absolute atomic E-state index is 0.0867. The average Bonchev–Trinajstić information content (AvgIpc) is 3.07. The molecule has 0 radical (unpaired) electrons. The van der Waals surface area contributed by atoms with Gasteiger partial charge in [-0.1, -0.05) is 16.8 Å². The molecule has 2 heterocycles. The molecule has 1 aromatic carbocycles. The molecule has 1 saturated heterocycles. The Morgan fingerprint density at radius 2 is 2.08 bits per heavy atom. The molecule has 1 aliphatic carbocycles. The van der Waals surface area contributed by atoms with Gasteiger partial charge >= 0.3 is 0 Å². The topological polar surface area (TPSA) is 85.5 Å². The van der Waals surface area contributed by atoms with E-state index in [1.165, 1.54) is 6.26 Å². The van der Waals surface area contributed by atoms with E-state index in [-0.39, 0.29) is 11.3 Å². The molecule has 0 N–H and O–H groups in total. The smallest absolute Gasteiger partial charge is 0.230 e. The molecule has 1 spiro atoms. The SMILES string of the molecule is COc1ccc(Cl)cc1-c1noc(C2CC23CCN(S(C)(=O)=O)CC3)n1. The molecular weight excluding hydrogens is 378 g/mol. The van der Waals surface area contributed by atoms with Crippen LogP contribution in [0.2, 0.25) is 5.02 Å². The van der Waals surface area contributed by atoms with Gasteiger partial charge in [-0.05, 0) is 42.9 Å². The first-order chi connectivity index (χ1) is 12.3. The van der Waals surface area contributed by atoms with E-state index in [1.807, 2.05) is 0 Å². The van der Waals surface area contributed by atoms with Crippen LogP contribution in [0.3, 0.4) is 0 Å². The largest absolute Gasteiger partial charge is 0.496 e. The molecule has 1 saturated carbocycles. The van der Waals surface area contributed by atoms with Gasteiger partial charge in [0.25, 0.3) is 0 Å². The van der Waals surface area contributed by atoms with Crippen molar-refractivity contribution in [1.29, 1.82) is 0 Å². The Morgan fingerprint density at radius 3 is 2.73 bits per heavy atom. The standard InChI is InChI=1S/C17H20ClN3O4S/c1-24-14-4-3-11(18)9-12(14)15-19-16(25-20-15)13-10-17(13)5-7-21(8-6-17)26(2,22)23/h3-4,9,13H,5-8,10H2,1-2H3. The van der Waals surface area contributed by atoms with Crippen LogP contribution in [-0.2, 0) is 10.0 Å². The van der Waals surface area contributed by atoms with Crippen LogP contribution in [0.1, 0.15) is 31.1 Å². The summed E-state index contributed by atoms with van der Waals surface area (Å²) in [7, 11) is -1.54. The minimum atomic E-state index is -3.12. The number of sulfonamides is 1. The van der Waals surface area contributed by atoms with Crippen molar-refractivity contribution in [2.24, 2.45) is 5.41 Å². The molecule has 2 fully saturated rings. The van der Waals surface area contributed by atoms with Crippen LogP contribution in [0.4, 0.5) is 0 Å². The van der Waals surface area contributed by atoms with Gasteiger partial charge in [0.1, 0.15) is 5.75 Å². The first-order valence-electron chi connectivity index (χ1n) is 8.45. The fraction of sp³-hybridized carbons (Fsp3) is 0.529. The van der Waals surface area contributed by atoms with Gasteiger partial charge in [0.2, 0.25) is 21.7 Å². The molecule has 7 nitrogen and oxygen atoms in total. The van der Waals surface area contributed by atoms with Crippen molar-refractivity contribution in [3.05, 3.63) is 29.1 Å². The number of halogens is 1. The van der Waals surface area contributed by atoms with Crippen molar-refractivity contribution in [1.82, 2.24) is 14.4 Å². The van der Waals surface area contributed by atoms with Crippen LogP contribution in [-0.4, -0.2) is 49.3 Å². The molecule has 1 unspecified atom stereocenters. The van der Waals surface area contributed by atoms with Crippen LogP contribution < -0.4 is 4.74 Å². The van der Waals surface area contributed by atoms with Crippen LogP contribution in [0, 0.1) is 5.41 Å². The number of hydrogen-bond donors (Lipinski definition) is 0. The first-order valence-corrected chi connectivity index (χ1v) is 10.7. The Bertz CT molecular complexity index is 935. The van der Waals surface area contributed by atoms with Crippen LogP contribution in [0.15, 0.2) is 22.7 Å². The van der Waals surface area contributed by atoms with E-state index in [0.29, 0.717) is 41.1 Å². The Hall–Kier alpha value is -1.64. The predicted molar refractivity (Wildman–Crippen MR) is 96.7 cm³/mol. The lowest BCUT2D eigenvalue weighted by molar-refractivity contribution is 0.243. The second-order valence-electron chi connectivity index (χ2n) is 7.08. The quantitative estimate of drug-likeness (QED) is 0.788. The maximum Gasteiger partial charge on any atom is 0.230 e. The van der Waals surface area contributed by atoms with E-state index in [4.69, 9.17) is 20.9 Å². The molecule has 0 bridgehead atoms. The Labute approximate surface area is 157 Å². The number of benzene rings is 1. The number of ether oxygens (including phenoxy) is 1. The molecule has 26 heavy (non-hydrogen) atoms. The third-order valence-electron chi connectivity index (χ3n) is 5.52. The van der Waals surface area contributed by atoms with E-state index in [9.17, 15) is 8.42 Å². The van der Waals surface area contributed by atoms with Gasteiger partial charge in [-0.15, -0.1) is 0 Å². The zero-order valence-corrected chi connectivity index (χ0v) is 16.2. The Morgan fingerprint density at radius 1 is 1.35 bits per heavy atom. The molecule has 9 heteroatoms. The van der Waals surface area contributed by atoms with Gasteiger partial charge < -0.3 is 9.26 Å². The number of piperidine rings is 1. The third kappa shape index (κ3) is 3.10. The van der Waals surface area contributed by atoms with E-state index < -0.39 is 10.0 Å². The molecular formula is C17H20ClN3O4S. The van der Waals surface area contributed by atoms with Gasteiger partial charge in [-0.3, -0.25) is 0 Å². The molecule has 1 atom stereocenters. The summed E-state index contributed by atoms with van der Waals surface area (Å²) in [6.07, 6.45) is 3.86. The highest BCUT2D eigenvalue weighted by Gasteiger charge is 2.58. The fourth-order valence-corrected chi connectivity index (χ4v) is 4.87. The number of hydrogen-bond acceptors (Lipinski definition) is 6. The van der Waals surface area contributed by atoms with Crippen LogP contribution in [0.25, 0.3) is 11.4 Å². The van der Waals surface area contributed by atoms with E-state index >= 15 is 0 Å². The monoisotopic (exact) mass is 397 g/mol. The van der Waals surface area contributed by atoms with Gasteiger partial charge in [0.15, 0.2) is 0 Å². The minimum Gasteiger partial charge on any atom is -0.496 e. The highest BCUT2D eigenvalue weighted by atomic mass is 35.5. The molecule has 4 rings (SSSR count). The lowest BCUT2D eigenvalue weighted by atomic mass is 9.92. The highest BCUT2D eigenvalue weighted by molar-refractivity contribution is 7.88. The summed E-state index contributed by atoms with van der Waals surface area (Å²) >= 11 is 6.08. The lowest BCUT2D eigenvalue weighted by Crippen LogP contribution is -2.38. The zero-order valence-electron chi connectivity index (χ0n) is 14.6. The van der Waals surface area contributed by atoms with E-state index in [1.54, 1.807) is 29.6 Å². The summed E-state index contributed by atoms with van der Waals surface area (Å²) in [5.41, 5.74) is 0.778. The molecule has 2 aliphatic rings. The van der Waals surface area contributed by atoms with Crippen molar-refractivity contribution in [3.63, 3.8) is 0 Å². The second kappa shape index (κ2) is 6.21. The second-order valence-corrected chi connectivity index (χ2v) is 9.50. The molecule has 0 amide bonds. The Balaban J connectivity index is 1.52. The summed E-state index contributed by atoms with van der Waals surface area (Å²) in [6.45, 7) is 1.11. The molecule has 2 aromatic rings. The van der Waals surface area contributed by atoms with Crippen molar-refractivity contribution in [3.8, 4) is 17.1 Å². The van der Waals surface area contributed by atoms with Crippen LogP contribution in [0.5, 0.6) is 5.75 Å². The summed E-state index contributed by atoms with van der Waals surface area (Å²) < 4.78 is 35.8. The maximum absolute atomic E-state index is 11.7. The third-order valence-corrected chi connectivity index (χ3v) is 7.06. The van der Waals surface area contributed by atoms with Gasteiger partial charge in [0.05, 0.1) is 18.9 Å². The van der Waals surface area contributed by atoms with E-state index in [2.05, 4.69) is 10.1 Å². The summed E-state index contributed by atoms with van der Waals surface area (Å²) in [5, 5.41) is 4.67. The average molecular weight is 398 g/mol. The summed E-state index contributed by atoms with van der Waals surface area (Å²) in [5.74, 6) is 1.88. The number of rotatable bonds is 4.